The van der Waals surface area contributed by atoms with Crippen molar-refractivity contribution in [1.82, 2.24) is 14.1 Å². The lowest BCUT2D eigenvalue weighted by molar-refractivity contribution is 0.0597. The Morgan fingerprint density at radius 1 is 0.825 bits per heavy atom. The van der Waals surface area contributed by atoms with E-state index in [0.717, 1.165) is 24.0 Å². The molecule has 0 radical (unpaired) electrons. The Hall–Kier alpha value is -2.66. The highest BCUT2D eigenvalue weighted by molar-refractivity contribution is 9.10. The molecule has 2 heterocycles. The molecule has 40 heavy (non-hydrogen) atoms. The van der Waals surface area contributed by atoms with Crippen molar-refractivity contribution in [3.8, 4) is 0 Å². The van der Waals surface area contributed by atoms with Crippen LogP contribution in [0.15, 0.2) is 76.1 Å². The van der Waals surface area contributed by atoms with E-state index < -0.39 is 10.0 Å². The van der Waals surface area contributed by atoms with E-state index in [1.165, 1.54) is 34.6 Å². The zero-order valence-corrected chi connectivity index (χ0v) is 24.7. The maximum Gasteiger partial charge on any atom is 0.253 e. The Balaban J connectivity index is 1.33. The summed E-state index contributed by atoms with van der Waals surface area (Å²) in [5.41, 5.74) is 2.08. The van der Waals surface area contributed by atoms with Crippen molar-refractivity contribution in [2.45, 2.75) is 30.7 Å². The van der Waals surface area contributed by atoms with Crippen molar-refractivity contribution in [2.75, 3.05) is 39.3 Å². The Kier molecular flexibility index (Phi) is 8.70. The van der Waals surface area contributed by atoms with Crippen LogP contribution < -0.4 is 0 Å². The first-order valence-corrected chi connectivity index (χ1v) is 15.7. The van der Waals surface area contributed by atoms with Crippen LogP contribution in [0, 0.1) is 17.6 Å². The summed E-state index contributed by atoms with van der Waals surface area (Å²) in [6.07, 6.45) is 1.63. The summed E-state index contributed by atoms with van der Waals surface area (Å²) in [5, 5.41) is 0. The molecule has 3 aromatic carbocycles. The van der Waals surface area contributed by atoms with Gasteiger partial charge < -0.3 is 4.90 Å². The molecule has 2 fully saturated rings. The van der Waals surface area contributed by atoms with Crippen molar-refractivity contribution in [2.24, 2.45) is 5.92 Å². The molecule has 2 saturated heterocycles. The van der Waals surface area contributed by atoms with Crippen molar-refractivity contribution < 1.29 is 22.0 Å². The number of carbonyl (C=O) groups excluding carboxylic acids is 1. The first kappa shape index (κ1) is 28.9. The molecule has 0 aromatic heterocycles. The average Bonchev–Trinajstić information content (AvgIpc) is 2.95. The summed E-state index contributed by atoms with van der Waals surface area (Å²) < 4.78 is 56.1. The van der Waals surface area contributed by atoms with Crippen molar-refractivity contribution in [3.05, 3.63) is 99.5 Å². The van der Waals surface area contributed by atoms with Gasteiger partial charge in [-0.05, 0) is 88.3 Å². The Bertz CT molecular complexity index is 1410. The number of amides is 1. The molecule has 0 spiro atoms. The van der Waals surface area contributed by atoms with Crippen LogP contribution in [0.4, 0.5) is 8.78 Å². The van der Waals surface area contributed by atoms with Gasteiger partial charge >= 0.3 is 0 Å². The van der Waals surface area contributed by atoms with Crippen molar-refractivity contribution in [3.63, 3.8) is 0 Å². The van der Waals surface area contributed by atoms with Crippen LogP contribution in [-0.4, -0.2) is 67.7 Å². The predicted molar refractivity (Wildman–Crippen MR) is 153 cm³/mol. The molecular formula is C30H32BrF2N3O3S. The van der Waals surface area contributed by atoms with E-state index in [2.05, 4.69) is 27.8 Å². The molecular weight excluding hydrogens is 600 g/mol. The lowest BCUT2D eigenvalue weighted by Crippen LogP contribution is -2.49. The number of hydrogen-bond donors (Lipinski definition) is 0. The molecule has 0 N–H and O–H groups in total. The fraction of sp³-hybridized carbons (Fsp3) is 0.367. The van der Waals surface area contributed by atoms with Gasteiger partial charge in [0.05, 0.1) is 10.9 Å². The summed E-state index contributed by atoms with van der Waals surface area (Å²) >= 11 is 3.38. The quantitative estimate of drug-likeness (QED) is 0.350. The molecule has 0 unspecified atom stereocenters. The minimum atomic E-state index is -3.74. The molecule has 0 aliphatic carbocycles. The number of hydrogen-bond acceptors (Lipinski definition) is 4. The minimum absolute atomic E-state index is 0.110. The van der Waals surface area contributed by atoms with E-state index in [-0.39, 0.29) is 28.5 Å². The van der Waals surface area contributed by atoms with Crippen LogP contribution in [0.25, 0.3) is 0 Å². The SMILES string of the molecule is CC1CCN(S(=O)(=O)c2cc(C(=O)N3CCN(C(c4ccc(F)cc4)c4ccc(F)cc4)CC3)ccc2Br)CC1. The molecule has 0 atom stereocenters. The predicted octanol–water partition coefficient (Wildman–Crippen LogP) is 5.70. The summed E-state index contributed by atoms with van der Waals surface area (Å²) in [5.74, 6) is -0.395. The van der Waals surface area contributed by atoms with Crippen molar-refractivity contribution >= 4 is 31.9 Å². The Labute approximate surface area is 242 Å². The standard InChI is InChI=1S/C30H32BrF2N3O3S/c1-21-12-14-36(15-13-21)40(38,39)28-20-24(6-11-27(28)31)30(37)35-18-16-34(17-19-35)29(22-2-7-25(32)8-3-22)23-4-9-26(33)10-5-23/h2-11,20-21,29H,12-19H2,1H3. The van der Waals surface area contributed by atoms with Gasteiger partial charge in [0.25, 0.3) is 5.91 Å². The second-order valence-corrected chi connectivity index (χ2v) is 13.3. The zero-order chi connectivity index (χ0) is 28.4. The summed E-state index contributed by atoms with van der Waals surface area (Å²) in [6, 6.07) is 17.1. The second kappa shape index (κ2) is 12.1. The van der Waals surface area contributed by atoms with Gasteiger partial charge in [0.1, 0.15) is 11.6 Å². The fourth-order valence-electron chi connectivity index (χ4n) is 5.47. The molecule has 6 nitrogen and oxygen atoms in total. The molecule has 0 bridgehead atoms. The van der Waals surface area contributed by atoms with E-state index in [1.807, 2.05) is 0 Å². The van der Waals surface area contributed by atoms with Gasteiger partial charge in [0.15, 0.2) is 0 Å². The van der Waals surface area contributed by atoms with Crippen LogP contribution in [-0.2, 0) is 10.0 Å². The highest BCUT2D eigenvalue weighted by atomic mass is 79.9. The number of sulfonamides is 1. The molecule has 1 amide bonds. The van der Waals surface area contributed by atoms with Gasteiger partial charge in [-0.1, -0.05) is 31.2 Å². The monoisotopic (exact) mass is 631 g/mol. The lowest BCUT2D eigenvalue weighted by Gasteiger charge is -2.40. The largest absolute Gasteiger partial charge is 0.336 e. The number of rotatable bonds is 6. The van der Waals surface area contributed by atoms with E-state index >= 15 is 0 Å². The summed E-state index contributed by atoms with van der Waals surface area (Å²) in [7, 11) is -3.74. The number of piperazine rings is 1. The van der Waals surface area contributed by atoms with Crippen LogP contribution in [0.5, 0.6) is 0 Å². The summed E-state index contributed by atoms with van der Waals surface area (Å²) in [4.78, 5) is 17.5. The van der Waals surface area contributed by atoms with E-state index in [9.17, 15) is 22.0 Å². The van der Waals surface area contributed by atoms with Gasteiger partial charge in [-0.25, -0.2) is 17.2 Å². The first-order chi connectivity index (χ1) is 19.1. The van der Waals surface area contributed by atoms with Gasteiger partial charge in [-0.2, -0.15) is 4.31 Å². The van der Waals surface area contributed by atoms with Gasteiger partial charge in [0, 0.05) is 49.3 Å². The summed E-state index contributed by atoms with van der Waals surface area (Å²) in [6.45, 7) is 5.01. The number of nitrogens with zero attached hydrogens (tertiary/aromatic N) is 3. The maximum atomic E-state index is 13.6. The molecule has 2 aliphatic rings. The number of benzene rings is 3. The highest BCUT2D eigenvalue weighted by Gasteiger charge is 2.32. The highest BCUT2D eigenvalue weighted by Crippen LogP contribution is 2.32. The molecule has 5 rings (SSSR count). The topological polar surface area (TPSA) is 60.9 Å². The minimum Gasteiger partial charge on any atom is -0.336 e. The fourth-order valence-corrected chi connectivity index (χ4v) is 7.89. The molecule has 3 aromatic rings. The van der Waals surface area contributed by atoms with E-state index in [4.69, 9.17) is 0 Å². The molecule has 10 heteroatoms. The molecule has 0 saturated carbocycles. The third-order valence-electron chi connectivity index (χ3n) is 7.88. The van der Waals surface area contributed by atoms with E-state index in [0.29, 0.717) is 55.2 Å². The second-order valence-electron chi connectivity index (χ2n) is 10.6. The third-order valence-corrected chi connectivity index (χ3v) is 10.8. The zero-order valence-electron chi connectivity index (χ0n) is 22.3. The normalized spacial score (nSPS) is 17.9. The van der Waals surface area contributed by atoms with Crippen LogP contribution >= 0.6 is 15.9 Å². The Morgan fingerprint density at radius 3 is 1.88 bits per heavy atom. The Morgan fingerprint density at radius 2 is 1.35 bits per heavy atom. The van der Waals surface area contributed by atoms with Crippen LogP contribution in [0.1, 0.15) is 47.3 Å². The van der Waals surface area contributed by atoms with Gasteiger partial charge in [-0.15, -0.1) is 0 Å². The molecule has 212 valence electrons. The maximum absolute atomic E-state index is 13.6. The van der Waals surface area contributed by atoms with Crippen molar-refractivity contribution in [1.29, 1.82) is 0 Å². The number of piperidine rings is 1. The lowest BCUT2D eigenvalue weighted by atomic mass is 9.96. The average molecular weight is 633 g/mol. The number of halogens is 3. The smallest absolute Gasteiger partial charge is 0.253 e. The van der Waals surface area contributed by atoms with E-state index in [1.54, 1.807) is 41.3 Å². The van der Waals surface area contributed by atoms with Gasteiger partial charge in [0.2, 0.25) is 10.0 Å². The van der Waals surface area contributed by atoms with Crippen LogP contribution in [0.3, 0.4) is 0 Å². The third kappa shape index (κ3) is 6.15. The van der Waals surface area contributed by atoms with Gasteiger partial charge in [-0.3, -0.25) is 9.69 Å². The molecule has 2 aliphatic heterocycles. The number of carbonyl (C=O) groups is 1. The van der Waals surface area contributed by atoms with Crippen LogP contribution in [0.2, 0.25) is 0 Å². The first-order valence-electron chi connectivity index (χ1n) is 13.5.